The number of hydrogen-bond donors (Lipinski definition) is 0. The van der Waals surface area contributed by atoms with Crippen molar-refractivity contribution in [3.05, 3.63) is 240 Å². The van der Waals surface area contributed by atoms with Gasteiger partial charge in [-0.2, -0.15) is 10.5 Å². The number of benzene rings is 9. The van der Waals surface area contributed by atoms with E-state index >= 15 is 0 Å². The number of nitrogens with zero attached hydrogens (tertiary/aromatic N) is 4. The Bertz CT molecular complexity index is 4110. The highest BCUT2D eigenvalue weighted by atomic mass is 16.5. The zero-order chi connectivity index (χ0) is 54.3. The van der Waals surface area contributed by atoms with Gasteiger partial charge in [0.05, 0.1) is 37.7 Å². The first-order valence-corrected chi connectivity index (χ1v) is 25.6. The molecule has 0 amide bonds. The first-order valence-electron chi connectivity index (χ1n) is 25.6. The molecule has 2 aliphatic carbocycles. The molecule has 79 heavy (non-hydrogen) atoms. The first kappa shape index (κ1) is 50.2. The van der Waals surface area contributed by atoms with E-state index in [-0.39, 0.29) is 5.56 Å². The molecule has 11 rings (SSSR count). The number of allylic oxidation sites excluding steroid dienone is 2. The predicted molar refractivity (Wildman–Crippen MR) is 314 cm³/mol. The van der Waals surface area contributed by atoms with Crippen LogP contribution in [0.25, 0.3) is 32.7 Å². The minimum absolute atomic E-state index is 0.253. The van der Waals surface area contributed by atoms with Gasteiger partial charge in [-0.25, -0.2) is 0 Å². The normalized spacial score (nSPS) is 14.3. The third-order valence-corrected chi connectivity index (χ3v) is 14.3. The van der Waals surface area contributed by atoms with E-state index in [1.165, 1.54) is 22.3 Å². The van der Waals surface area contributed by atoms with Gasteiger partial charge in [-0.1, -0.05) is 133 Å². The van der Waals surface area contributed by atoms with E-state index in [0.717, 1.165) is 44.0 Å². The monoisotopic (exact) mass is 1020 g/mol. The largest absolute Gasteiger partial charge is 0.484 e. The van der Waals surface area contributed by atoms with Crippen molar-refractivity contribution < 1.29 is 18.9 Å². The van der Waals surface area contributed by atoms with Gasteiger partial charge in [0, 0.05) is 23.5 Å². The molecule has 8 nitrogen and oxygen atoms in total. The summed E-state index contributed by atoms with van der Waals surface area (Å²) in [5.41, 5.74) is 8.15. The van der Waals surface area contributed by atoms with Crippen molar-refractivity contribution in [3.8, 4) is 107 Å². The molecule has 0 saturated heterocycles. The fraction of sp³-hybridized carbons (Fsp3) is 0.0986. The quantitative estimate of drug-likeness (QED) is 0.0884. The SMILES string of the molecule is C#CCN(CC#C)c1cccc(Oc2cccc(Oc3ccc4cc(C5(c6ccc7cc(OC8=CC=CC(Oc9cccc(N(CC#C)CC#C)c9)C8C#N)ccc7c6)c6ccccc6-c6ccccc65)ccc4c3)c2C#N)c1. The van der Waals surface area contributed by atoms with Crippen LogP contribution < -0.4 is 28.7 Å². The predicted octanol–water partition coefficient (Wildman–Crippen LogP) is 14.4. The maximum Gasteiger partial charge on any atom is 0.149 e. The number of ether oxygens (including phenoxy) is 4. The summed E-state index contributed by atoms with van der Waals surface area (Å²) in [5, 5.41) is 24.9. The Morgan fingerprint density at radius 3 is 1.47 bits per heavy atom. The van der Waals surface area contributed by atoms with Gasteiger partial charge in [-0.3, -0.25) is 0 Å². The smallest absolute Gasteiger partial charge is 0.149 e. The van der Waals surface area contributed by atoms with Crippen molar-refractivity contribution in [2.24, 2.45) is 5.92 Å². The number of anilines is 2. The summed E-state index contributed by atoms with van der Waals surface area (Å²) in [7, 11) is 0. The molecule has 2 unspecified atom stereocenters. The van der Waals surface area contributed by atoms with E-state index < -0.39 is 17.4 Å². The fourth-order valence-corrected chi connectivity index (χ4v) is 10.8. The molecule has 8 heteroatoms. The maximum atomic E-state index is 10.5. The molecular weight excluding hydrogens is 973 g/mol. The molecule has 0 N–H and O–H groups in total. The number of rotatable bonds is 16. The van der Waals surface area contributed by atoms with Crippen LogP contribution in [0.4, 0.5) is 11.4 Å². The van der Waals surface area contributed by atoms with E-state index in [4.69, 9.17) is 44.6 Å². The minimum atomic E-state index is -0.718. The molecule has 0 heterocycles. The molecule has 9 aromatic rings. The van der Waals surface area contributed by atoms with E-state index in [2.05, 4.69) is 133 Å². The van der Waals surface area contributed by atoms with E-state index in [9.17, 15) is 10.5 Å². The van der Waals surface area contributed by atoms with Crippen LogP contribution >= 0.6 is 0 Å². The highest BCUT2D eigenvalue weighted by Crippen LogP contribution is 2.57. The molecule has 0 saturated carbocycles. The lowest BCUT2D eigenvalue weighted by molar-refractivity contribution is 0.193. The Balaban J connectivity index is 0.883. The molecule has 2 atom stereocenters. The van der Waals surface area contributed by atoms with Crippen LogP contribution in [0, 0.1) is 78.0 Å². The third-order valence-electron chi connectivity index (χ3n) is 14.3. The topological polar surface area (TPSA) is 91.0 Å². The van der Waals surface area contributed by atoms with Gasteiger partial charge < -0.3 is 28.7 Å². The molecule has 0 fully saturated rings. The van der Waals surface area contributed by atoms with Gasteiger partial charge >= 0.3 is 0 Å². The molecule has 0 radical (unpaired) electrons. The van der Waals surface area contributed by atoms with Gasteiger partial charge in [0.1, 0.15) is 63.9 Å². The fourth-order valence-electron chi connectivity index (χ4n) is 10.8. The molecule has 2 aliphatic rings. The van der Waals surface area contributed by atoms with Crippen LogP contribution in [-0.2, 0) is 5.41 Å². The Hall–Kier alpha value is -11.0. The summed E-state index contributed by atoms with van der Waals surface area (Å²) in [6.07, 6.45) is 27.4. The lowest BCUT2D eigenvalue weighted by atomic mass is 9.67. The molecular formula is C71H48N4O4. The highest BCUT2D eigenvalue weighted by molar-refractivity contribution is 5.92. The highest BCUT2D eigenvalue weighted by Gasteiger charge is 2.46. The van der Waals surface area contributed by atoms with Gasteiger partial charge in [0.15, 0.2) is 0 Å². The van der Waals surface area contributed by atoms with Crippen molar-refractivity contribution in [2.75, 3.05) is 36.0 Å². The van der Waals surface area contributed by atoms with Gasteiger partial charge in [0.25, 0.3) is 0 Å². The van der Waals surface area contributed by atoms with Crippen molar-refractivity contribution >= 4 is 32.9 Å². The second kappa shape index (κ2) is 22.1. The lowest BCUT2D eigenvalue weighted by Crippen LogP contribution is -2.29. The van der Waals surface area contributed by atoms with Crippen LogP contribution in [-0.4, -0.2) is 32.3 Å². The minimum Gasteiger partial charge on any atom is -0.484 e. The van der Waals surface area contributed by atoms with E-state index in [1.807, 2.05) is 101 Å². The van der Waals surface area contributed by atoms with E-state index in [0.29, 0.717) is 66.4 Å². The van der Waals surface area contributed by atoms with Crippen molar-refractivity contribution in [1.29, 1.82) is 10.5 Å². The van der Waals surface area contributed by atoms with Crippen molar-refractivity contribution in [1.82, 2.24) is 0 Å². The summed E-state index contributed by atoms with van der Waals surface area (Å²) in [5.74, 6) is 13.4. The molecule has 0 aliphatic heterocycles. The van der Waals surface area contributed by atoms with Crippen molar-refractivity contribution in [3.63, 3.8) is 0 Å². The molecule has 376 valence electrons. The Morgan fingerprint density at radius 2 is 0.937 bits per heavy atom. The number of nitriles is 2. The van der Waals surface area contributed by atoms with E-state index in [1.54, 1.807) is 18.2 Å². The number of fused-ring (bicyclic) bond motifs is 5. The second-order valence-electron chi connectivity index (χ2n) is 19.0. The summed E-state index contributed by atoms with van der Waals surface area (Å²) in [4.78, 5) is 3.79. The zero-order valence-corrected chi connectivity index (χ0v) is 42.8. The maximum absolute atomic E-state index is 10.5. The Morgan fingerprint density at radius 1 is 0.468 bits per heavy atom. The molecule has 9 aromatic carbocycles. The van der Waals surface area contributed by atoms with Gasteiger partial charge in [-0.05, 0) is 140 Å². The average molecular weight is 1020 g/mol. The second-order valence-corrected chi connectivity index (χ2v) is 19.0. The van der Waals surface area contributed by atoms with Crippen LogP contribution in [0.3, 0.4) is 0 Å². The molecule has 0 aromatic heterocycles. The standard InChI is InChI=1S/C71H48N4O4/c1-5-37-74(38-6-2)55-17-13-19-57(45-55)76-67-25-15-27-69(63(67)47-72)78-59-35-31-49-41-53(33-29-51(49)43-59)71(65-23-11-9-21-61(65)62-22-10-12-24-66(62)71)54-34-30-52-44-60(36-32-50(52)42-54)79-70-28-16-26-68(64(70)48-73)77-58-20-14-18-56(46-58)75(39-7-3)40-8-4/h1-4,9-36,41-46,63,67H,37-40H2. The first-order chi connectivity index (χ1) is 38.8. The molecule has 0 spiro atoms. The zero-order valence-electron chi connectivity index (χ0n) is 42.8. The average Bonchev–Trinajstić information content (AvgIpc) is 4.02. The van der Waals surface area contributed by atoms with Crippen LogP contribution in [0.5, 0.6) is 34.5 Å². The summed E-state index contributed by atoms with van der Waals surface area (Å²) >= 11 is 0. The summed E-state index contributed by atoms with van der Waals surface area (Å²) < 4.78 is 25.7. The van der Waals surface area contributed by atoms with Crippen LogP contribution in [0.15, 0.2) is 212 Å². The van der Waals surface area contributed by atoms with Gasteiger partial charge in [0.2, 0.25) is 0 Å². The van der Waals surface area contributed by atoms with Gasteiger partial charge in [-0.15, -0.1) is 25.7 Å². The summed E-state index contributed by atoms with van der Waals surface area (Å²) in [6.45, 7) is 1.38. The lowest BCUT2D eigenvalue weighted by Gasteiger charge is -2.34. The summed E-state index contributed by atoms with van der Waals surface area (Å²) in [6, 6.07) is 67.6. The number of terminal acetylenes is 4. The number of hydrogen-bond acceptors (Lipinski definition) is 8. The Labute approximate surface area is 460 Å². The third kappa shape index (κ3) is 9.68. The van der Waals surface area contributed by atoms with Crippen molar-refractivity contribution in [2.45, 2.75) is 11.5 Å². The Kier molecular flexibility index (Phi) is 14.0. The van der Waals surface area contributed by atoms with Crippen LogP contribution in [0.1, 0.15) is 27.8 Å². The van der Waals surface area contributed by atoms with Crippen LogP contribution in [0.2, 0.25) is 0 Å². The molecule has 0 bridgehead atoms.